The van der Waals surface area contributed by atoms with E-state index >= 15 is 0 Å². The molecule has 4 heteroatoms. The number of hydrogen-bond donors (Lipinski definition) is 1. The number of ether oxygens (including phenoxy) is 2. The van der Waals surface area contributed by atoms with Gasteiger partial charge in [-0.15, -0.1) is 0 Å². The molecule has 1 aliphatic rings. The molecule has 0 fully saturated rings. The smallest absolute Gasteiger partial charge is 0.255 e. The van der Waals surface area contributed by atoms with Crippen LogP contribution in [0.5, 0.6) is 11.5 Å². The quantitative estimate of drug-likeness (QED) is 0.911. The molecule has 1 heterocycles. The molecule has 2 aromatic carbocycles. The highest BCUT2D eigenvalue weighted by molar-refractivity contribution is 6.04. The summed E-state index contributed by atoms with van der Waals surface area (Å²) in [7, 11) is 0. The maximum absolute atomic E-state index is 12.4. The Hall–Kier alpha value is -2.49. The molecule has 0 aromatic heterocycles. The van der Waals surface area contributed by atoms with Gasteiger partial charge in [0, 0.05) is 11.3 Å². The highest BCUT2D eigenvalue weighted by Gasteiger charge is 2.16. The molecule has 1 amide bonds. The second-order valence-electron chi connectivity index (χ2n) is 6.64. The third-order valence-corrected chi connectivity index (χ3v) is 3.81. The first-order valence-electron chi connectivity index (χ1n) is 7.75. The van der Waals surface area contributed by atoms with Gasteiger partial charge in [-0.3, -0.25) is 4.79 Å². The third kappa shape index (κ3) is 3.47. The topological polar surface area (TPSA) is 47.6 Å². The van der Waals surface area contributed by atoms with Crippen LogP contribution in [0, 0.1) is 0 Å². The van der Waals surface area contributed by atoms with E-state index in [9.17, 15) is 4.79 Å². The van der Waals surface area contributed by atoms with Crippen molar-refractivity contribution in [1.82, 2.24) is 0 Å². The van der Waals surface area contributed by atoms with Gasteiger partial charge in [-0.1, -0.05) is 32.9 Å². The van der Waals surface area contributed by atoms with Crippen LogP contribution >= 0.6 is 0 Å². The maximum Gasteiger partial charge on any atom is 0.255 e. The van der Waals surface area contributed by atoms with Gasteiger partial charge in [0.15, 0.2) is 11.5 Å². The number of benzene rings is 2. The number of amides is 1. The molecule has 0 radical (unpaired) electrons. The molecule has 0 atom stereocenters. The van der Waals surface area contributed by atoms with Crippen LogP contribution in [0.4, 0.5) is 5.69 Å². The molecule has 0 saturated heterocycles. The number of carbonyl (C=O) groups is 1. The van der Waals surface area contributed by atoms with Crippen molar-refractivity contribution in [3.8, 4) is 11.5 Å². The van der Waals surface area contributed by atoms with E-state index < -0.39 is 0 Å². The van der Waals surface area contributed by atoms with Crippen molar-refractivity contribution in [3.05, 3.63) is 53.6 Å². The Bertz CT molecular complexity index is 714. The Labute approximate surface area is 136 Å². The van der Waals surface area contributed by atoms with Crippen LogP contribution in [-0.4, -0.2) is 19.1 Å². The summed E-state index contributed by atoms with van der Waals surface area (Å²) in [4.78, 5) is 12.4. The second-order valence-corrected chi connectivity index (χ2v) is 6.64. The molecule has 2 aromatic rings. The zero-order valence-corrected chi connectivity index (χ0v) is 13.7. The van der Waals surface area contributed by atoms with Crippen molar-refractivity contribution in [2.45, 2.75) is 26.2 Å². The Balaban J connectivity index is 1.74. The Morgan fingerprint density at radius 2 is 1.61 bits per heavy atom. The van der Waals surface area contributed by atoms with Gasteiger partial charge in [0.25, 0.3) is 5.91 Å². The fraction of sp³-hybridized carbons (Fsp3) is 0.316. The van der Waals surface area contributed by atoms with E-state index in [0.29, 0.717) is 30.3 Å². The number of hydrogen-bond acceptors (Lipinski definition) is 3. The van der Waals surface area contributed by atoms with E-state index in [2.05, 4.69) is 26.1 Å². The molecule has 0 bridgehead atoms. The number of nitrogens with one attached hydrogen (secondary N) is 1. The summed E-state index contributed by atoms with van der Waals surface area (Å²) in [6.07, 6.45) is 0. The summed E-state index contributed by atoms with van der Waals surface area (Å²) in [6, 6.07) is 13.2. The lowest BCUT2D eigenvalue weighted by molar-refractivity contribution is 0.102. The van der Waals surface area contributed by atoms with Gasteiger partial charge in [-0.25, -0.2) is 0 Å². The average Bonchev–Trinajstić information content (AvgIpc) is 2.54. The molecule has 0 aliphatic carbocycles. The van der Waals surface area contributed by atoms with Crippen molar-refractivity contribution >= 4 is 11.6 Å². The predicted octanol–water partition coefficient (Wildman–Crippen LogP) is 4.01. The van der Waals surface area contributed by atoms with Crippen LogP contribution in [0.3, 0.4) is 0 Å². The summed E-state index contributed by atoms with van der Waals surface area (Å²) in [5, 5.41) is 2.91. The van der Waals surface area contributed by atoms with Gasteiger partial charge < -0.3 is 14.8 Å². The summed E-state index contributed by atoms with van der Waals surface area (Å²) >= 11 is 0. The molecule has 120 valence electrons. The van der Waals surface area contributed by atoms with E-state index in [4.69, 9.17) is 9.47 Å². The van der Waals surface area contributed by atoms with Gasteiger partial charge in [0.05, 0.1) is 0 Å². The number of carbonyl (C=O) groups excluding carboxylic acids is 1. The van der Waals surface area contributed by atoms with E-state index in [-0.39, 0.29) is 11.3 Å². The Morgan fingerprint density at radius 3 is 2.26 bits per heavy atom. The van der Waals surface area contributed by atoms with Crippen LogP contribution in [0.15, 0.2) is 42.5 Å². The molecule has 1 aliphatic heterocycles. The van der Waals surface area contributed by atoms with Crippen molar-refractivity contribution < 1.29 is 14.3 Å². The van der Waals surface area contributed by atoms with Crippen LogP contribution < -0.4 is 14.8 Å². The van der Waals surface area contributed by atoms with Crippen LogP contribution in [0.2, 0.25) is 0 Å². The monoisotopic (exact) mass is 311 g/mol. The van der Waals surface area contributed by atoms with Crippen LogP contribution in [0.1, 0.15) is 36.7 Å². The lowest BCUT2D eigenvalue weighted by Gasteiger charge is -2.19. The number of anilines is 1. The molecular weight excluding hydrogens is 290 g/mol. The molecule has 4 nitrogen and oxygen atoms in total. The highest BCUT2D eigenvalue weighted by atomic mass is 16.6. The molecule has 1 N–H and O–H groups in total. The van der Waals surface area contributed by atoms with Crippen molar-refractivity contribution in [2.75, 3.05) is 18.5 Å². The summed E-state index contributed by atoms with van der Waals surface area (Å²) in [6.45, 7) is 7.53. The third-order valence-electron chi connectivity index (χ3n) is 3.81. The van der Waals surface area contributed by atoms with Gasteiger partial charge in [-0.2, -0.15) is 0 Å². The molecule has 23 heavy (non-hydrogen) atoms. The normalized spacial score (nSPS) is 13.5. The molecular formula is C19H21NO3. The van der Waals surface area contributed by atoms with Gasteiger partial charge in [-0.05, 0) is 41.3 Å². The lowest BCUT2D eigenvalue weighted by Crippen LogP contribution is -2.17. The fourth-order valence-electron chi connectivity index (χ4n) is 2.44. The second kappa shape index (κ2) is 5.95. The zero-order valence-electron chi connectivity index (χ0n) is 13.7. The minimum atomic E-state index is -0.162. The Kier molecular flexibility index (Phi) is 3.99. The summed E-state index contributed by atoms with van der Waals surface area (Å²) in [5.74, 6) is 1.14. The predicted molar refractivity (Wildman–Crippen MR) is 90.5 cm³/mol. The lowest BCUT2D eigenvalue weighted by atomic mass is 9.87. The van der Waals surface area contributed by atoms with Gasteiger partial charge >= 0.3 is 0 Å². The first kappa shape index (κ1) is 15.4. The van der Waals surface area contributed by atoms with Crippen molar-refractivity contribution in [1.29, 1.82) is 0 Å². The standard InChI is InChI=1S/C19H21NO3/c1-19(2,3)14-5-7-15(8-6-14)20-18(21)13-4-9-16-17(12-13)23-11-10-22-16/h4-9,12H,10-11H2,1-3H3,(H,20,21). The Morgan fingerprint density at radius 1 is 0.957 bits per heavy atom. The van der Waals surface area contributed by atoms with Crippen molar-refractivity contribution in [2.24, 2.45) is 0 Å². The summed E-state index contributed by atoms with van der Waals surface area (Å²) < 4.78 is 11.0. The minimum absolute atomic E-state index is 0.0956. The van der Waals surface area contributed by atoms with E-state index in [1.165, 1.54) is 5.56 Å². The zero-order chi connectivity index (χ0) is 16.4. The van der Waals surface area contributed by atoms with Crippen LogP contribution in [0.25, 0.3) is 0 Å². The molecule has 0 saturated carbocycles. The number of rotatable bonds is 2. The maximum atomic E-state index is 12.4. The van der Waals surface area contributed by atoms with E-state index in [1.807, 2.05) is 24.3 Å². The average molecular weight is 311 g/mol. The minimum Gasteiger partial charge on any atom is -0.486 e. The van der Waals surface area contributed by atoms with Crippen LogP contribution in [-0.2, 0) is 5.41 Å². The van der Waals surface area contributed by atoms with E-state index in [0.717, 1.165) is 5.69 Å². The summed E-state index contributed by atoms with van der Waals surface area (Å²) in [5.41, 5.74) is 2.65. The largest absolute Gasteiger partial charge is 0.486 e. The molecule has 0 spiro atoms. The van der Waals surface area contributed by atoms with Gasteiger partial charge in [0.1, 0.15) is 13.2 Å². The highest BCUT2D eigenvalue weighted by Crippen LogP contribution is 2.31. The first-order chi connectivity index (χ1) is 10.9. The molecule has 3 rings (SSSR count). The first-order valence-corrected chi connectivity index (χ1v) is 7.75. The van der Waals surface area contributed by atoms with Crippen molar-refractivity contribution in [3.63, 3.8) is 0 Å². The van der Waals surface area contributed by atoms with E-state index in [1.54, 1.807) is 18.2 Å². The SMILES string of the molecule is CC(C)(C)c1ccc(NC(=O)c2ccc3c(c2)OCCO3)cc1. The van der Waals surface area contributed by atoms with Gasteiger partial charge in [0.2, 0.25) is 0 Å². The number of fused-ring (bicyclic) bond motifs is 1. The fourth-order valence-corrected chi connectivity index (χ4v) is 2.44. The molecule has 0 unspecified atom stereocenters.